The molecule has 2 aliphatic rings. The fraction of sp³-hybridized carbons (Fsp3) is 0.429. The van der Waals surface area contributed by atoms with Gasteiger partial charge in [-0.2, -0.15) is 11.8 Å². The molecule has 2 fully saturated rings. The van der Waals surface area contributed by atoms with Crippen molar-refractivity contribution in [3.05, 3.63) is 65.2 Å². The van der Waals surface area contributed by atoms with Gasteiger partial charge in [0.2, 0.25) is 5.91 Å². The van der Waals surface area contributed by atoms with Gasteiger partial charge in [0.25, 0.3) is 5.91 Å². The zero-order chi connectivity index (χ0) is 26.8. The number of piperidine rings is 1. The second-order valence-electron chi connectivity index (χ2n) is 9.28. The number of aryl methyl sites for hydroxylation is 1. The largest absolute Gasteiger partial charge is 0.461 e. The number of imide groups is 1. The molecule has 1 aliphatic heterocycles. The Morgan fingerprint density at radius 2 is 1.81 bits per heavy atom. The molecule has 7 nitrogen and oxygen atoms in total. The van der Waals surface area contributed by atoms with E-state index in [4.69, 9.17) is 9.57 Å². The number of nitrogens with zero attached hydrogens (tertiary/aromatic N) is 2. The lowest BCUT2D eigenvalue weighted by Crippen LogP contribution is -2.42. The number of fused-ring (bicyclic) bond motifs is 1. The minimum atomic E-state index is -0.756. The number of amides is 2. The molecule has 0 spiro atoms. The molecular weight excluding hydrogens is 508 g/mol. The van der Waals surface area contributed by atoms with Crippen LogP contribution in [-0.4, -0.2) is 54.0 Å². The number of ether oxygens (including phenoxy) is 1. The first-order valence-electron chi connectivity index (χ1n) is 12.3. The number of esters is 1. The highest BCUT2D eigenvalue weighted by Gasteiger charge is 2.85. The first-order chi connectivity index (χ1) is 17.8. The highest BCUT2D eigenvalue weighted by molar-refractivity contribution is 8.01. The Bertz CT molecular complexity index is 1230. The topological polar surface area (TPSA) is 85.3 Å². The number of thioether (sulfide) groups is 2. The van der Waals surface area contributed by atoms with Crippen LogP contribution in [-0.2, 0) is 36.1 Å². The first-order valence-corrected chi connectivity index (χ1v) is 14.6. The van der Waals surface area contributed by atoms with Gasteiger partial charge in [0.1, 0.15) is 11.9 Å². The van der Waals surface area contributed by atoms with Crippen molar-refractivity contribution in [2.45, 2.75) is 37.7 Å². The van der Waals surface area contributed by atoms with Crippen molar-refractivity contribution < 1.29 is 24.0 Å². The molecule has 0 aromatic heterocycles. The molecule has 3 unspecified atom stereocenters. The van der Waals surface area contributed by atoms with Gasteiger partial charge in [0.05, 0.1) is 18.2 Å². The van der Waals surface area contributed by atoms with Gasteiger partial charge in [-0.1, -0.05) is 55.4 Å². The van der Waals surface area contributed by atoms with Gasteiger partial charge < -0.3 is 9.57 Å². The van der Waals surface area contributed by atoms with Gasteiger partial charge in [0, 0.05) is 22.5 Å². The summed E-state index contributed by atoms with van der Waals surface area (Å²) in [7, 11) is 1.39. The van der Waals surface area contributed by atoms with E-state index in [1.165, 1.54) is 23.8 Å². The van der Waals surface area contributed by atoms with Crippen LogP contribution in [0.2, 0.25) is 0 Å². The minimum absolute atomic E-state index is 0.116. The van der Waals surface area contributed by atoms with Crippen LogP contribution in [0.4, 0.5) is 5.69 Å². The average Bonchev–Trinajstić information content (AvgIpc) is 3.36. The standard InChI is InChI=1S/C28H32N2O5S2/c1-6-18-12-14-20(15-13-18)30-24(31)23-27(3,28(23,36-5)26(30)33)17-37-16-19-10-8-9-11-21(19)22(29-34-4)25(32)35-7-2/h8-15,23H,6-7,16-17H2,1-5H3/b29-22+. The number of rotatable bonds is 11. The van der Waals surface area contributed by atoms with Gasteiger partial charge in [-0.25, -0.2) is 9.69 Å². The Labute approximate surface area is 226 Å². The summed E-state index contributed by atoms with van der Waals surface area (Å²) >= 11 is 3.12. The quantitative estimate of drug-likeness (QED) is 0.177. The fourth-order valence-electron chi connectivity index (χ4n) is 5.34. The predicted octanol–water partition coefficient (Wildman–Crippen LogP) is 4.71. The Morgan fingerprint density at radius 1 is 1.11 bits per heavy atom. The number of anilines is 1. The Morgan fingerprint density at radius 3 is 2.41 bits per heavy atom. The molecule has 3 atom stereocenters. The second kappa shape index (κ2) is 10.9. The maximum atomic E-state index is 13.7. The van der Waals surface area contributed by atoms with Crippen molar-refractivity contribution in [2.24, 2.45) is 16.5 Å². The van der Waals surface area contributed by atoms with E-state index in [0.29, 0.717) is 22.8 Å². The molecule has 1 aliphatic carbocycles. The summed E-state index contributed by atoms with van der Waals surface area (Å²) in [5.41, 5.74) is 3.01. The minimum Gasteiger partial charge on any atom is -0.461 e. The van der Waals surface area contributed by atoms with Crippen LogP contribution in [0.3, 0.4) is 0 Å². The summed E-state index contributed by atoms with van der Waals surface area (Å²) in [4.78, 5) is 45.9. The molecule has 1 heterocycles. The number of benzene rings is 2. The van der Waals surface area contributed by atoms with E-state index in [9.17, 15) is 14.4 Å². The Hall–Kier alpha value is -2.78. The predicted molar refractivity (Wildman–Crippen MR) is 149 cm³/mol. The van der Waals surface area contributed by atoms with Gasteiger partial charge >= 0.3 is 5.97 Å². The monoisotopic (exact) mass is 540 g/mol. The SMILES string of the molecule is CCOC(=O)/C(=N/OC)c1ccccc1CSCC1(C)C2C(=O)N(c3ccc(CC)cc3)C(=O)C21SC. The van der Waals surface area contributed by atoms with E-state index in [1.54, 1.807) is 18.7 Å². The summed E-state index contributed by atoms with van der Waals surface area (Å²) in [6.45, 7) is 6.08. The molecule has 2 amide bonds. The van der Waals surface area contributed by atoms with Gasteiger partial charge in [-0.05, 0) is 42.9 Å². The van der Waals surface area contributed by atoms with Crippen molar-refractivity contribution >= 4 is 52.7 Å². The van der Waals surface area contributed by atoms with Crippen molar-refractivity contribution in [3.63, 3.8) is 0 Å². The molecule has 0 bridgehead atoms. The van der Waals surface area contributed by atoms with E-state index in [2.05, 4.69) is 12.1 Å². The van der Waals surface area contributed by atoms with E-state index in [-0.39, 0.29) is 30.1 Å². The first kappa shape index (κ1) is 27.3. The third kappa shape index (κ3) is 4.46. The maximum absolute atomic E-state index is 13.7. The van der Waals surface area contributed by atoms with Crippen LogP contribution < -0.4 is 4.90 Å². The zero-order valence-corrected chi connectivity index (χ0v) is 23.4. The van der Waals surface area contributed by atoms with Crippen molar-refractivity contribution in [2.75, 3.05) is 30.6 Å². The van der Waals surface area contributed by atoms with Crippen LogP contribution in [0.1, 0.15) is 37.5 Å². The Balaban J connectivity index is 1.50. The molecule has 196 valence electrons. The molecular formula is C28H32N2O5S2. The van der Waals surface area contributed by atoms with E-state index < -0.39 is 16.1 Å². The number of hydrogen-bond acceptors (Lipinski definition) is 8. The van der Waals surface area contributed by atoms with Crippen molar-refractivity contribution in [3.8, 4) is 0 Å². The third-order valence-electron chi connectivity index (χ3n) is 7.30. The molecule has 2 aromatic carbocycles. The lowest BCUT2D eigenvalue weighted by Gasteiger charge is -2.26. The highest BCUT2D eigenvalue weighted by atomic mass is 32.2. The summed E-state index contributed by atoms with van der Waals surface area (Å²) in [5.74, 6) is 0.0541. The molecule has 2 aromatic rings. The molecule has 0 N–H and O–H groups in total. The Kier molecular flexibility index (Phi) is 8.04. The summed E-state index contributed by atoms with van der Waals surface area (Å²) in [6.07, 6.45) is 2.82. The fourth-order valence-corrected chi connectivity index (χ4v) is 8.29. The number of hydrogen-bond donors (Lipinski definition) is 0. The molecule has 37 heavy (non-hydrogen) atoms. The average molecular weight is 541 g/mol. The molecule has 1 saturated carbocycles. The summed E-state index contributed by atoms with van der Waals surface area (Å²) in [5, 5.41) is 3.92. The lowest BCUT2D eigenvalue weighted by atomic mass is 10.0. The van der Waals surface area contributed by atoms with E-state index in [0.717, 1.165) is 17.5 Å². The van der Waals surface area contributed by atoms with Gasteiger partial charge in [0.15, 0.2) is 5.71 Å². The molecule has 0 radical (unpaired) electrons. The maximum Gasteiger partial charge on any atom is 0.361 e. The zero-order valence-electron chi connectivity index (χ0n) is 21.8. The summed E-state index contributed by atoms with van der Waals surface area (Å²) in [6, 6.07) is 15.1. The van der Waals surface area contributed by atoms with Crippen LogP contribution in [0.25, 0.3) is 0 Å². The van der Waals surface area contributed by atoms with E-state index >= 15 is 0 Å². The molecule has 9 heteroatoms. The summed E-state index contributed by atoms with van der Waals surface area (Å²) < 4.78 is 4.40. The number of oxime groups is 1. The normalized spacial score (nSPS) is 24.7. The number of carbonyl (C=O) groups excluding carboxylic acids is 3. The number of carbonyl (C=O) groups is 3. The van der Waals surface area contributed by atoms with Gasteiger partial charge in [-0.15, -0.1) is 11.8 Å². The molecule has 4 rings (SSSR count). The van der Waals surface area contributed by atoms with Crippen LogP contribution in [0.15, 0.2) is 53.7 Å². The van der Waals surface area contributed by atoms with E-state index in [1.807, 2.05) is 61.7 Å². The van der Waals surface area contributed by atoms with Crippen molar-refractivity contribution in [1.29, 1.82) is 0 Å². The second-order valence-corrected chi connectivity index (χ2v) is 11.3. The molecule has 1 saturated heterocycles. The smallest absolute Gasteiger partial charge is 0.361 e. The van der Waals surface area contributed by atoms with Gasteiger partial charge in [-0.3, -0.25) is 9.59 Å². The lowest BCUT2D eigenvalue weighted by molar-refractivity contribution is -0.135. The van der Waals surface area contributed by atoms with Crippen LogP contribution >= 0.6 is 23.5 Å². The van der Waals surface area contributed by atoms with Crippen LogP contribution in [0, 0.1) is 11.3 Å². The van der Waals surface area contributed by atoms with Crippen LogP contribution in [0.5, 0.6) is 0 Å². The third-order valence-corrected chi connectivity index (χ3v) is 10.1. The van der Waals surface area contributed by atoms with Crippen molar-refractivity contribution in [1.82, 2.24) is 0 Å². The highest BCUT2D eigenvalue weighted by Crippen LogP contribution is 2.74.